The molecular formula is C11H16N2O2. The van der Waals surface area contributed by atoms with E-state index in [-0.39, 0.29) is 17.9 Å². The molecule has 0 bridgehead atoms. The van der Waals surface area contributed by atoms with Crippen LogP contribution < -0.4 is 5.32 Å². The predicted octanol–water partition coefficient (Wildman–Crippen LogP) is 0.831. The third-order valence-corrected chi connectivity index (χ3v) is 3.12. The van der Waals surface area contributed by atoms with Crippen LogP contribution in [0.25, 0.3) is 0 Å². The van der Waals surface area contributed by atoms with Gasteiger partial charge in [0, 0.05) is 19.1 Å². The first-order valence-electron chi connectivity index (χ1n) is 5.59. The van der Waals surface area contributed by atoms with E-state index in [1.54, 1.807) is 0 Å². The molecule has 0 aromatic heterocycles. The van der Waals surface area contributed by atoms with Gasteiger partial charge in [-0.25, -0.2) is 0 Å². The number of ether oxygens (including phenoxy) is 1. The molecule has 15 heavy (non-hydrogen) atoms. The maximum Gasteiger partial charge on any atom is 0.224 e. The van der Waals surface area contributed by atoms with Crippen LogP contribution >= 0.6 is 0 Å². The second kappa shape index (κ2) is 4.63. The van der Waals surface area contributed by atoms with Gasteiger partial charge in [0.05, 0.1) is 6.07 Å². The van der Waals surface area contributed by atoms with Gasteiger partial charge in [0.2, 0.25) is 5.91 Å². The van der Waals surface area contributed by atoms with E-state index in [0.717, 1.165) is 25.7 Å². The lowest BCUT2D eigenvalue weighted by Gasteiger charge is -2.22. The fourth-order valence-corrected chi connectivity index (χ4v) is 1.92. The molecule has 1 atom stereocenters. The van der Waals surface area contributed by atoms with Crippen molar-refractivity contribution in [3.05, 3.63) is 0 Å². The van der Waals surface area contributed by atoms with Crippen molar-refractivity contribution in [3.63, 3.8) is 0 Å². The number of hydrogen-bond acceptors (Lipinski definition) is 3. The third kappa shape index (κ3) is 2.69. The van der Waals surface area contributed by atoms with Crippen LogP contribution in [-0.4, -0.2) is 25.2 Å². The van der Waals surface area contributed by atoms with E-state index in [1.807, 2.05) is 0 Å². The van der Waals surface area contributed by atoms with Crippen LogP contribution in [0.2, 0.25) is 0 Å². The molecule has 82 valence electrons. The molecule has 0 aromatic rings. The van der Waals surface area contributed by atoms with Crippen LogP contribution in [0.5, 0.6) is 0 Å². The van der Waals surface area contributed by atoms with Gasteiger partial charge in [-0.3, -0.25) is 4.79 Å². The number of nitrogens with one attached hydrogen (secondary N) is 1. The van der Waals surface area contributed by atoms with Gasteiger partial charge in [0.15, 0.2) is 0 Å². The van der Waals surface area contributed by atoms with Gasteiger partial charge < -0.3 is 10.1 Å². The van der Waals surface area contributed by atoms with Crippen LogP contribution in [0.15, 0.2) is 0 Å². The summed E-state index contributed by atoms with van der Waals surface area (Å²) < 4.78 is 5.20. The average molecular weight is 208 g/mol. The maximum atomic E-state index is 11.8. The van der Waals surface area contributed by atoms with Crippen molar-refractivity contribution in [2.45, 2.75) is 31.7 Å². The van der Waals surface area contributed by atoms with Crippen molar-refractivity contribution in [2.75, 3.05) is 13.2 Å². The lowest BCUT2D eigenvalue weighted by atomic mass is 9.99. The number of hydrogen-bond donors (Lipinski definition) is 1. The highest BCUT2D eigenvalue weighted by Gasteiger charge is 2.33. The minimum Gasteiger partial charge on any atom is -0.381 e. The molecule has 1 N–H and O–H groups in total. The molecule has 0 spiro atoms. The molecule has 0 aromatic carbocycles. The van der Waals surface area contributed by atoms with Crippen molar-refractivity contribution in [3.8, 4) is 6.07 Å². The summed E-state index contributed by atoms with van der Waals surface area (Å²) in [6.07, 6.45) is 3.72. The van der Waals surface area contributed by atoms with Crippen molar-refractivity contribution in [1.82, 2.24) is 5.32 Å². The molecule has 1 saturated carbocycles. The van der Waals surface area contributed by atoms with Crippen molar-refractivity contribution >= 4 is 5.91 Å². The van der Waals surface area contributed by atoms with Gasteiger partial charge in [-0.1, -0.05) is 0 Å². The third-order valence-electron chi connectivity index (χ3n) is 3.12. The first-order chi connectivity index (χ1) is 7.31. The fourth-order valence-electron chi connectivity index (χ4n) is 1.92. The van der Waals surface area contributed by atoms with Crippen LogP contribution in [0.4, 0.5) is 0 Å². The Bertz CT molecular complexity index is 275. The first-order valence-corrected chi connectivity index (χ1v) is 5.59. The molecule has 4 heteroatoms. The summed E-state index contributed by atoms with van der Waals surface area (Å²) in [5.74, 6) is 0.490. The monoisotopic (exact) mass is 208 g/mol. The highest BCUT2D eigenvalue weighted by Crippen LogP contribution is 2.32. The van der Waals surface area contributed by atoms with Gasteiger partial charge in [0.25, 0.3) is 0 Å². The molecule has 2 fully saturated rings. The van der Waals surface area contributed by atoms with E-state index >= 15 is 0 Å². The summed E-state index contributed by atoms with van der Waals surface area (Å²) in [5.41, 5.74) is 0. The van der Waals surface area contributed by atoms with E-state index in [4.69, 9.17) is 10.00 Å². The highest BCUT2D eigenvalue weighted by atomic mass is 16.5. The zero-order valence-corrected chi connectivity index (χ0v) is 8.74. The minimum absolute atomic E-state index is 0.0387. The second-order valence-electron chi connectivity index (χ2n) is 4.34. The number of nitrogens with zero attached hydrogens (tertiary/aromatic N) is 1. The molecule has 1 aliphatic carbocycles. The summed E-state index contributed by atoms with van der Waals surface area (Å²) >= 11 is 0. The van der Waals surface area contributed by atoms with E-state index in [9.17, 15) is 4.79 Å². The van der Waals surface area contributed by atoms with Gasteiger partial charge in [-0.15, -0.1) is 0 Å². The molecule has 1 unspecified atom stereocenters. The van der Waals surface area contributed by atoms with Crippen LogP contribution in [0.1, 0.15) is 25.7 Å². The quantitative estimate of drug-likeness (QED) is 0.747. The zero-order chi connectivity index (χ0) is 10.7. The molecule has 4 nitrogen and oxygen atoms in total. The van der Waals surface area contributed by atoms with Crippen molar-refractivity contribution in [2.24, 2.45) is 11.8 Å². The van der Waals surface area contributed by atoms with Crippen LogP contribution in [0.3, 0.4) is 0 Å². The summed E-state index contributed by atoms with van der Waals surface area (Å²) in [5, 5.41) is 11.7. The van der Waals surface area contributed by atoms with Crippen molar-refractivity contribution < 1.29 is 9.53 Å². The Morgan fingerprint density at radius 3 is 2.53 bits per heavy atom. The Balaban J connectivity index is 1.82. The maximum absolute atomic E-state index is 11.8. The molecule has 2 aliphatic rings. The Hall–Kier alpha value is -1.08. The first kappa shape index (κ1) is 10.4. The number of carbonyl (C=O) groups is 1. The molecule has 1 aliphatic heterocycles. The average Bonchev–Trinajstić information content (AvgIpc) is 3.10. The minimum atomic E-state index is -0.264. The van der Waals surface area contributed by atoms with Crippen LogP contribution in [-0.2, 0) is 9.53 Å². The Labute approximate surface area is 89.6 Å². The van der Waals surface area contributed by atoms with E-state index < -0.39 is 0 Å². The topological polar surface area (TPSA) is 62.1 Å². The van der Waals surface area contributed by atoms with E-state index in [1.165, 1.54) is 0 Å². The molecule has 2 rings (SSSR count). The summed E-state index contributed by atoms with van der Waals surface area (Å²) in [6, 6.07) is 1.91. The van der Waals surface area contributed by atoms with Gasteiger partial charge in [0.1, 0.15) is 6.04 Å². The Morgan fingerprint density at radius 1 is 1.33 bits per heavy atom. The van der Waals surface area contributed by atoms with Gasteiger partial charge in [-0.05, 0) is 31.6 Å². The number of rotatable bonds is 3. The SMILES string of the molecule is N#CC(NC(=O)C1CCOCC1)C1CC1. The fraction of sp³-hybridized carbons (Fsp3) is 0.818. The van der Waals surface area contributed by atoms with E-state index in [0.29, 0.717) is 19.1 Å². The molecular weight excluding hydrogens is 192 g/mol. The molecule has 1 amide bonds. The Kier molecular flexibility index (Phi) is 3.22. The molecule has 1 heterocycles. The largest absolute Gasteiger partial charge is 0.381 e. The van der Waals surface area contributed by atoms with Gasteiger partial charge in [-0.2, -0.15) is 5.26 Å². The summed E-state index contributed by atoms with van der Waals surface area (Å²) in [4.78, 5) is 11.8. The van der Waals surface area contributed by atoms with Crippen molar-refractivity contribution in [1.29, 1.82) is 5.26 Å². The van der Waals surface area contributed by atoms with Gasteiger partial charge >= 0.3 is 0 Å². The molecule has 1 saturated heterocycles. The summed E-state index contributed by atoms with van der Waals surface area (Å²) in [6.45, 7) is 1.33. The summed E-state index contributed by atoms with van der Waals surface area (Å²) in [7, 11) is 0. The number of carbonyl (C=O) groups excluding carboxylic acids is 1. The number of amides is 1. The highest BCUT2D eigenvalue weighted by molar-refractivity contribution is 5.79. The normalized spacial score (nSPS) is 24.2. The zero-order valence-electron chi connectivity index (χ0n) is 8.74. The smallest absolute Gasteiger partial charge is 0.224 e. The van der Waals surface area contributed by atoms with Crippen LogP contribution in [0, 0.1) is 23.2 Å². The molecule has 0 radical (unpaired) electrons. The number of nitriles is 1. The second-order valence-corrected chi connectivity index (χ2v) is 4.34. The standard InChI is InChI=1S/C11H16N2O2/c12-7-10(8-1-2-8)13-11(14)9-3-5-15-6-4-9/h8-10H,1-6H2,(H,13,14). The Morgan fingerprint density at radius 2 is 2.00 bits per heavy atom. The lowest BCUT2D eigenvalue weighted by Crippen LogP contribution is -2.41. The predicted molar refractivity (Wildman–Crippen MR) is 53.8 cm³/mol. The lowest BCUT2D eigenvalue weighted by molar-refractivity contribution is -0.128. The van der Waals surface area contributed by atoms with E-state index in [2.05, 4.69) is 11.4 Å².